The first-order chi connectivity index (χ1) is 12.5. The molecule has 1 aromatic carbocycles. The Morgan fingerprint density at radius 1 is 1.35 bits per heavy atom. The van der Waals surface area contributed by atoms with Crippen LogP contribution in [-0.4, -0.2) is 40.5 Å². The van der Waals surface area contributed by atoms with Crippen LogP contribution in [0.3, 0.4) is 0 Å². The second kappa shape index (κ2) is 6.58. The number of nitrogens with zero attached hydrogens (tertiary/aromatic N) is 1. The molecular weight excluding hydrogens is 322 g/mol. The van der Waals surface area contributed by atoms with Gasteiger partial charge in [0.25, 0.3) is 0 Å². The molecule has 1 aliphatic heterocycles. The number of aromatic amines is 1. The topological polar surface area (TPSA) is 48.1 Å². The van der Waals surface area contributed by atoms with Crippen molar-refractivity contribution in [1.29, 1.82) is 0 Å². The van der Waals surface area contributed by atoms with Gasteiger partial charge >= 0.3 is 0 Å². The predicted octanol–water partition coefficient (Wildman–Crippen LogP) is 3.73. The van der Waals surface area contributed by atoms with Gasteiger partial charge in [-0.25, -0.2) is 0 Å². The molecule has 4 rings (SSSR count). The monoisotopic (exact) mass is 351 g/mol. The molecule has 4 heteroatoms. The molecule has 3 atom stereocenters. The van der Waals surface area contributed by atoms with Crippen LogP contribution < -0.4 is 5.32 Å². The Kier molecular flexibility index (Phi) is 4.39. The highest BCUT2D eigenvalue weighted by molar-refractivity contribution is 5.99. The lowest BCUT2D eigenvalue weighted by molar-refractivity contribution is -0.125. The van der Waals surface area contributed by atoms with E-state index in [1.54, 1.807) is 0 Å². The molecule has 1 aromatic heterocycles. The van der Waals surface area contributed by atoms with Gasteiger partial charge in [0.2, 0.25) is 5.91 Å². The average molecular weight is 351 g/mol. The minimum absolute atomic E-state index is 0.0894. The molecule has 2 aromatic rings. The van der Waals surface area contributed by atoms with Crippen LogP contribution in [0.4, 0.5) is 0 Å². The highest BCUT2D eigenvalue weighted by Gasteiger charge is 2.38. The van der Waals surface area contributed by atoms with Gasteiger partial charge in [0.15, 0.2) is 0 Å². The molecule has 2 heterocycles. The highest BCUT2D eigenvalue weighted by atomic mass is 16.2. The first-order valence-electron chi connectivity index (χ1n) is 9.86. The average Bonchev–Trinajstić information content (AvgIpc) is 3.05. The summed E-state index contributed by atoms with van der Waals surface area (Å²) in [7, 11) is 0. The van der Waals surface area contributed by atoms with E-state index in [4.69, 9.17) is 0 Å². The Hall–Kier alpha value is -2.07. The maximum Gasteiger partial charge on any atom is 0.228 e. The number of hydrogen-bond acceptors (Lipinski definition) is 2. The van der Waals surface area contributed by atoms with Crippen molar-refractivity contribution in [3.05, 3.63) is 41.6 Å². The summed E-state index contributed by atoms with van der Waals surface area (Å²) < 4.78 is 0. The van der Waals surface area contributed by atoms with Crippen LogP contribution in [-0.2, 0) is 11.2 Å². The highest BCUT2D eigenvalue weighted by Crippen LogP contribution is 2.41. The third-order valence-electron chi connectivity index (χ3n) is 6.06. The van der Waals surface area contributed by atoms with Gasteiger partial charge in [0.1, 0.15) is 0 Å². The van der Waals surface area contributed by atoms with Gasteiger partial charge in [0.05, 0.1) is 5.92 Å². The van der Waals surface area contributed by atoms with E-state index in [0.717, 1.165) is 19.4 Å². The maximum absolute atomic E-state index is 12.9. The summed E-state index contributed by atoms with van der Waals surface area (Å²) in [6, 6.07) is 7.45. The Labute approximate surface area is 155 Å². The predicted molar refractivity (Wildman–Crippen MR) is 107 cm³/mol. The third-order valence-corrected chi connectivity index (χ3v) is 6.06. The summed E-state index contributed by atoms with van der Waals surface area (Å²) in [6.45, 7) is 9.45. The van der Waals surface area contributed by atoms with Crippen molar-refractivity contribution in [2.45, 2.75) is 58.7 Å². The fraction of sp³-hybridized carbons (Fsp3) is 0.500. The Balaban J connectivity index is 1.78. The van der Waals surface area contributed by atoms with Gasteiger partial charge in [0, 0.05) is 41.8 Å². The van der Waals surface area contributed by atoms with Crippen molar-refractivity contribution in [2.75, 3.05) is 6.54 Å². The van der Waals surface area contributed by atoms with E-state index in [1.165, 1.54) is 27.6 Å². The van der Waals surface area contributed by atoms with E-state index in [-0.39, 0.29) is 17.9 Å². The van der Waals surface area contributed by atoms with Gasteiger partial charge < -0.3 is 10.3 Å². The van der Waals surface area contributed by atoms with Crippen LogP contribution in [0.15, 0.2) is 30.5 Å². The molecule has 4 nitrogen and oxygen atoms in total. The zero-order valence-corrected chi connectivity index (χ0v) is 16.2. The SMILES string of the molecule is CCC(C)NC(=O)[C@@H]1C=C2c3cccc4[nH]cc(c34)C[C@H]2N(C(C)C)C1. The van der Waals surface area contributed by atoms with E-state index in [1.807, 2.05) is 0 Å². The largest absolute Gasteiger partial charge is 0.361 e. The van der Waals surface area contributed by atoms with Crippen LogP contribution in [0.25, 0.3) is 16.5 Å². The van der Waals surface area contributed by atoms with Gasteiger partial charge in [-0.2, -0.15) is 0 Å². The van der Waals surface area contributed by atoms with Crippen molar-refractivity contribution in [1.82, 2.24) is 15.2 Å². The molecule has 1 unspecified atom stereocenters. The second-order valence-electron chi connectivity index (χ2n) is 8.10. The molecule has 0 saturated heterocycles. The zero-order valence-electron chi connectivity index (χ0n) is 16.2. The van der Waals surface area contributed by atoms with Crippen molar-refractivity contribution >= 4 is 22.4 Å². The summed E-state index contributed by atoms with van der Waals surface area (Å²) >= 11 is 0. The van der Waals surface area contributed by atoms with Gasteiger partial charge in [-0.1, -0.05) is 25.1 Å². The van der Waals surface area contributed by atoms with Gasteiger partial charge in [-0.15, -0.1) is 0 Å². The molecule has 2 aliphatic rings. The van der Waals surface area contributed by atoms with Crippen molar-refractivity contribution < 1.29 is 4.79 Å². The summed E-state index contributed by atoms with van der Waals surface area (Å²) in [5.74, 6) is 0.0661. The van der Waals surface area contributed by atoms with Gasteiger partial charge in [-0.3, -0.25) is 9.69 Å². The molecule has 2 N–H and O–H groups in total. The number of H-pyrrole nitrogens is 1. The second-order valence-corrected chi connectivity index (χ2v) is 8.10. The lowest BCUT2D eigenvalue weighted by atomic mass is 9.79. The number of benzene rings is 1. The van der Waals surface area contributed by atoms with E-state index < -0.39 is 0 Å². The lowest BCUT2D eigenvalue weighted by Gasteiger charge is -2.43. The number of carbonyl (C=O) groups excluding carboxylic acids is 1. The molecule has 0 fully saturated rings. The molecular formula is C22H29N3O. The first-order valence-corrected chi connectivity index (χ1v) is 9.86. The number of hydrogen-bond donors (Lipinski definition) is 2. The van der Waals surface area contributed by atoms with Crippen molar-refractivity contribution in [3.63, 3.8) is 0 Å². The van der Waals surface area contributed by atoms with Crippen LogP contribution in [0.2, 0.25) is 0 Å². The third kappa shape index (κ3) is 2.77. The molecule has 138 valence electrons. The van der Waals surface area contributed by atoms with Gasteiger partial charge in [-0.05, 0) is 56.4 Å². The standard InChI is InChI=1S/C22H29N3O/c1-5-14(4)24-22(26)16-9-18-17-7-6-8-19-21(17)15(11-23-19)10-20(18)25(12-16)13(2)3/h6-9,11,13-14,16,20,23H,5,10,12H2,1-4H3,(H,24,26)/t14?,16-,20-/m1/s1. The number of amides is 1. The molecule has 26 heavy (non-hydrogen) atoms. The van der Waals surface area contributed by atoms with Crippen molar-refractivity contribution in [3.8, 4) is 0 Å². The molecule has 0 radical (unpaired) electrons. The molecule has 0 saturated carbocycles. The number of rotatable bonds is 4. The molecule has 0 bridgehead atoms. The fourth-order valence-electron chi connectivity index (χ4n) is 4.46. The van der Waals surface area contributed by atoms with Crippen LogP contribution in [0, 0.1) is 5.92 Å². The maximum atomic E-state index is 12.9. The Morgan fingerprint density at radius 3 is 2.88 bits per heavy atom. The molecule has 1 aliphatic carbocycles. The summed E-state index contributed by atoms with van der Waals surface area (Å²) in [6.07, 6.45) is 6.37. The minimum atomic E-state index is -0.0894. The van der Waals surface area contributed by atoms with E-state index in [0.29, 0.717) is 12.1 Å². The van der Waals surface area contributed by atoms with E-state index in [9.17, 15) is 4.79 Å². The number of carbonyl (C=O) groups is 1. The van der Waals surface area contributed by atoms with Crippen LogP contribution >= 0.6 is 0 Å². The fourth-order valence-corrected chi connectivity index (χ4v) is 4.46. The van der Waals surface area contributed by atoms with Crippen molar-refractivity contribution in [2.24, 2.45) is 5.92 Å². The Bertz CT molecular complexity index is 863. The Morgan fingerprint density at radius 2 is 2.15 bits per heavy atom. The lowest BCUT2D eigenvalue weighted by Crippen LogP contribution is -2.51. The van der Waals surface area contributed by atoms with Crippen LogP contribution in [0.5, 0.6) is 0 Å². The summed E-state index contributed by atoms with van der Waals surface area (Å²) in [4.78, 5) is 18.8. The molecule has 1 amide bonds. The first kappa shape index (κ1) is 17.3. The molecule has 0 spiro atoms. The van der Waals surface area contributed by atoms with E-state index >= 15 is 0 Å². The normalized spacial score (nSPS) is 23.7. The number of aromatic nitrogens is 1. The summed E-state index contributed by atoms with van der Waals surface area (Å²) in [5.41, 5.74) is 5.21. The number of fused-ring (bicyclic) bond motifs is 2. The van der Waals surface area contributed by atoms with Crippen LogP contribution in [0.1, 0.15) is 45.2 Å². The zero-order chi connectivity index (χ0) is 18.4. The number of nitrogens with one attached hydrogen (secondary N) is 2. The summed E-state index contributed by atoms with van der Waals surface area (Å²) in [5, 5.41) is 4.51. The van der Waals surface area contributed by atoms with E-state index in [2.05, 4.69) is 73.4 Å². The minimum Gasteiger partial charge on any atom is -0.361 e. The smallest absolute Gasteiger partial charge is 0.228 e. The quantitative estimate of drug-likeness (QED) is 0.882.